The van der Waals surface area contributed by atoms with E-state index in [4.69, 9.17) is 5.11 Å². The molecule has 0 aliphatic rings. The van der Waals surface area contributed by atoms with E-state index in [0.29, 0.717) is 19.4 Å². The first kappa shape index (κ1) is 15.2. The van der Waals surface area contributed by atoms with Crippen LogP contribution in [0.15, 0.2) is 48.5 Å². The molecule has 118 valence electrons. The summed E-state index contributed by atoms with van der Waals surface area (Å²) < 4.78 is 15.1. The number of carboxylic acid groups (broad SMARTS) is 1. The molecule has 1 heterocycles. The quantitative estimate of drug-likeness (QED) is 0.756. The van der Waals surface area contributed by atoms with Crippen LogP contribution in [-0.2, 0) is 17.8 Å². The van der Waals surface area contributed by atoms with Crippen LogP contribution in [-0.4, -0.2) is 20.6 Å². The van der Waals surface area contributed by atoms with Crippen molar-refractivity contribution in [3.8, 4) is 0 Å². The molecule has 2 aromatic carbocycles. The third kappa shape index (κ3) is 3.56. The Kier molecular flexibility index (Phi) is 4.37. The molecule has 3 aromatic rings. The molecule has 0 bridgehead atoms. The highest BCUT2D eigenvalue weighted by molar-refractivity contribution is 5.76. The number of carbonyl (C=O) groups is 1. The summed E-state index contributed by atoms with van der Waals surface area (Å²) in [6.07, 6.45) is 1.26. The maximum Gasteiger partial charge on any atom is 0.303 e. The Bertz CT molecular complexity index is 825. The van der Waals surface area contributed by atoms with Gasteiger partial charge in [0.1, 0.15) is 11.6 Å². The molecule has 0 spiro atoms. The molecule has 4 nitrogen and oxygen atoms in total. The summed E-state index contributed by atoms with van der Waals surface area (Å²) in [5.74, 6) is -0.193. The summed E-state index contributed by atoms with van der Waals surface area (Å²) >= 11 is 0. The summed E-state index contributed by atoms with van der Waals surface area (Å²) in [6.45, 7) is 0.601. The van der Waals surface area contributed by atoms with E-state index in [-0.39, 0.29) is 12.2 Å². The summed E-state index contributed by atoms with van der Waals surface area (Å²) in [5, 5.41) is 8.83. The van der Waals surface area contributed by atoms with Gasteiger partial charge in [-0.05, 0) is 36.2 Å². The van der Waals surface area contributed by atoms with Crippen LogP contribution in [0, 0.1) is 5.82 Å². The Morgan fingerprint density at radius 3 is 2.61 bits per heavy atom. The summed E-state index contributed by atoms with van der Waals surface area (Å²) in [4.78, 5) is 15.4. The highest BCUT2D eigenvalue weighted by atomic mass is 19.1. The lowest BCUT2D eigenvalue weighted by molar-refractivity contribution is -0.137. The Morgan fingerprint density at radius 2 is 1.87 bits per heavy atom. The zero-order valence-corrected chi connectivity index (χ0v) is 12.6. The molecule has 0 amide bonds. The van der Waals surface area contributed by atoms with Gasteiger partial charge in [0.05, 0.1) is 11.0 Å². The monoisotopic (exact) mass is 312 g/mol. The summed E-state index contributed by atoms with van der Waals surface area (Å²) in [7, 11) is 0. The fourth-order valence-corrected chi connectivity index (χ4v) is 2.68. The van der Waals surface area contributed by atoms with Crippen LogP contribution in [0.4, 0.5) is 4.39 Å². The summed E-state index contributed by atoms with van der Waals surface area (Å²) in [5.41, 5.74) is 2.86. The van der Waals surface area contributed by atoms with Crippen LogP contribution in [0.25, 0.3) is 11.0 Å². The van der Waals surface area contributed by atoms with Gasteiger partial charge in [0.2, 0.25) is 0 Å². The van der Waals surface area contributed by atoms with E-state index >= 15 is 0 Å². The van der Waals surface area contributed by atoms with Gasteiger partial charge >= 0.3 is 5.97 Å². The Hall–Kier alpha value is -2.69. The first-order valence-electron chi connectivity index (χ1n) is 7.54. The largest absolute Gasteiger partial charge is 0.481 e. The number of hydrogen-bond donors (Lipinski definition) is 1. The molecule has 0 fully saturated rings. The van der Waals surface area contributed by atoms with Crippen molar-refractivity contribution >= 4 is 17.0 Å². The van der Waals surface area contributed by atoms with Gasteiger partial charge in [-0.1, -0.05) is 24.3 Å². The number of halogens is 1. The van der Waals surface area contributed by atoms with E-state index in [1.54, 1.807) is 12.1 Å². The molecule has 0 radical (unpaired) electrons. The minimum Gasteiger partial charge on any atom is -0.481 e. The van der Waals surface area contributed by atoms with Crippen molar-refractivity contribution in [3.05, 3.63) is 65.7 Å². The number of aryl methyl sites for hydroxylation is 1. The molecule has 0 aliphatic carbocycles. The number of imidazole rings is 1. The molecule has 1 N–H and O–H groups in total. The molecule has 0 aliphatic heterocycles. The maximum atomic E-state index is 13.0. The lowest BCUT2D eigenvalue weighted by Gasteiger charge is -2.08. The van der Waals surface area contributed by atoms with Crippen molar-refractivity contribution in [1.82, 2.24) is 9.55 Å². The van der Waals surface area contributed by atoms with E-state index in [1.165, 1.54) is 12.1 Å². The highest BCUT2D eigenvalue weighted by Gasteiger charge is 2.11. The topological polar surface area (TPSA) is 55.1 Å². The molecule has 0 atom stereocenters. The van der Waals surface area contributed by atoms with Gasteiger partial charge in [0.15, 0.2) is 0 Å². The standard InChI is InChI=1S/C18H17FN2O2/c19-14-9-7-13(8-10-14)12-17-20-15-4-1-2-5-16(15)21(17)11-3-6-18(22)23/h1-2,4-5,7-10H,3,6,11-12H2,(H,22,23). The van der Waals surface area contributed by atoms with Crippen LogP contribution < -0.4 is 0 Å². The number of aliphatic carboxylic acids is 1. The highest BCUT2D eigenvalue weighted by Crippen LogP contribution is 2.19. The normalized spacial score (nSPS) is 11.0. The number of fused-ring (bicyclic) bond motifs is 1. The van der Waals surface area contributed by atoms with Crippen molar-refractivity contribution in [2.45, 2.75) is 25.8 Å². The van der Waals surface area contributed by atoms with Gasteiger partial charge < -0.3 is 9.67 Å². The number of para-hydroxylation sites is 2. The minimum absolute atomic E-state index is 0.127. The van der Waals surface area contributed by atoms with Crippen molar-refractivity contribution < 1.29 is 14.3 Å². The number of carboxylic acids is 1. The van der Waals surface area contributed by atoms with E-state index in [9.17, 15) is 9.18 Å². The second kappa shape index (κ2) is 6.60. The van der Waals surface area contributed by atoms with Gasteiger partial charge in [-0.2, -0.15) is 0 Å². The first-order valence-corrected chi connectivity index (χ1v) is 7.54. The lowest BCUT2D eigenvalue weighted by atomic mass is 10.1. The van der Waals surface area contributed by atoms with E-state index in [1.807, 2.05) is 24.3 Å². The molecule has 23 heavy (non-hydrogen) atoms. The van der Waals surface area contributed by atoms with Gasteiger partial charge in [-0.3, -0.25) is 4.79 Å². The Balaban J connectivity index is 1.91. The number of nitrogens with zero attached hydrogens (tertiary/aromatic N) is 2. The van der Waals surface area contributed by atoms with Crippen LogP contribution in [0.1, 0.15) is 24.2 Å². The summed E-state index contributed by atoms with van der Waals surface area (Å²) in [6, 6.07) is 14.2. The fourth-order valence-electron chi connectivity index (χ4n) is 2.68. The smallest absolute Gasteiger partial charge is 0.303 e. The number of benzene rings is 2. The number of aromatic nitrogens is 2. The van der Waals surface area contributed by atoms with Gasteiger partial charge in [0.25, 0.3) is 0 Å². The van der Waals surface area contributed by atoms with Crippen LogP contribution in [0.5, 0.6) is 0 Å². The van der Waals surface area contributed by atoms with Crippen molar-refractivity contribution in [2.24, 2.45) is 0 Å². The molecular weight excluding hydrogens is 295 g/mol. The first-order chi connectivity index (χ1) is 11.1. The molecule has 3 rings (SSSR count). The zero-order valence-electron chi connectivity index (χ0n) is 12.6. The maximum absolute atomic E-state index is 13.0. The van der Waals surface area contributed by atoms with E-state index in [2.05, 4.69) is 9.55 Å². The van der Waals surface area contributed by atoms with Crippen LogP contribution in [0.2, 0.25) is 0 Å². The molecule has 0 saturated heterocycles. The third-order valence-corrected chi connectivity index (χ3v) is 3.78. The van der Waals surface area contributed by atoms with Crippen molar-refractivity contribution in [2.75, 3.05) is 0 Å². The van der Waals surface area contributed by atoms with Gasteiger partial charge in [-0.25, -0.2) is 9.37 Å². The Morgan fingerprint density at radius 1 is 1.13 bits per heavy atom. The number of hydrogen-bond acceptors (Lipinski definition) is 2. The van der Waals surface area contributed by atoms with E-state index < -0.39 is 5.97 Å². The average Bonchev–Trinajstić information content (AvgIpc) is 2.87. The number of rotatable bonds is 6. The Labute approximate surface area is 133 Å². The molecule has 5 heteroatoms. The molecule has 1 aromatic heterocycles. The minimum atomic E-state index is -0.797. The molecule has 0 unspecified atom stereocenters. The van der Waals surface area contributed by atoms with Crippen LogP contribution in [0.3, 0.4) is 0 Å². The molecule has 0 saturated carbocycles. The third-order valence-electron chi connectivity index (χ3n) is 3.78. The van der Waals surface area contributed by atoms with Crippen molar-refractivity contribution in [3.63, 3.8) is 0 Å². The fraction of sp³-hybridized carbons (Fsp3) is 0.222. The second-order valence-electron chi connectivity index (χ2n) is 5.47. The lowest BCUT2D eigenvalue weighted by Crippen LogP contribution is -2.07. The predicted molar refractivity (Wildman–Crippen MR) is 85.8 cm³/mol. The van der Waals surface area contributed by atoms with E-state index in [0.717, 1.165) is 22.4 Å². The second-order valence-corrected chi connectivity index (χ2v) is 5.47. The van der Waals surface area contributed by atoms with Crippen molar-refractivity contribution in [1.29, 1.82) is 0 Å². The van der Waals surface area contributed by atoms with Gasteiger partial charge in [0, 0.05) is 19.4 Å². The average molecular weight is 312 g/mol. The SMILES string of the molecule is O=C(O)CCCn1c(Cc2ccc(F)cc2)nc2ccccc21. The van der Waals surface area contributed by atoms with Crippen LogP contribution >= 0.6 is 0 Å². The zero-order chi connectivity index (χ0) is 16.2. The molecular formula is C18H17FN2O2. The van der Waals surface area contributed by atoms with Gasteiger partial charge in [-0.15, -0.1) is 0 Å². The predicted octanol–water partition coefficient (Wildman–Crippen LogP) is 3.63.